The number of aromatic nitrogens is 4. The van der Waals surface area contributed by atoms with Crippen LogP contribution < -0.4 is 9.62 Å². The van der Waals surface area contributed by atoms with Gasteiger partial charge in [-0.05, 0) is 50.1 Å². The zero-order valence-electron chi connectivity index (χ0n) is 18.7. The molecule has 4 aromatic rings. The highest BCUT2D eigenvalue weighted by Crippen LogP contribution is 2.40. The normalized spacial score (nSPS) is 14.4. The molecule has 0 amide bonds. The van der Waals surface area contributed by atoms with Crippen LogP contribution in [0.3, 0.4) is 0 Å². The zero-order valence-corrected chi connectivity index (χ0v) is 19.5. The van der Waals surface area contributed by atoms with E-state index in [0.29, 0.717) is 27.8 Å². The minimum absolute atomic E-state index is 0.0913. The van der Waals surface area contributed by atoms with E-state index in [1.54, 1.807) is 31.6 Å². The molecule has 1 aromatic carbocycles. The standard InChI is InChI=1S/C23H25FN6O2S/c1-15-21(17-14-16(6-7-18(17)24)30-11-4-5-12-30)22-19(8-10-25-23(22)29(15)3)27-33(31,32)20-9-13-28(2)26-20/h6-10,13-14H,4-5,11-12H2,1-3H3,(H,25,27). The number of anilines is 2. The van der Waals surface area contributed by atoms with E-state index < -0.39 is 10.0 Å². The zero-order chi connectivity index (χ0) is 23.3. The Kier molecular flexibility index (Phi) is 5.12. The van der Waals surface area contributed by atoms with Gasteiger partial charge in [0.25, 0.3) is 10.0 Å². The quantitative estimate of drug-likeness (QED) is 0.481. The van der Waals surface area contributed by atoms with E-state index in [2.05, 4.69) is 19.7 Å². The number of rotatable bonds is 5. The number of nitrogens with one attached hydrogen (secondary N) is 1. The lowest BCUT2D eigenvalue weighted by Gasteiger charge is -2.19. The van der Waals surface area contributed by atoms with Crippen LogP contribution in [-0.4, -0.2) is 40.8 Å². The van der Waals surface area contributed by atoms with E-state index in [1.165, 1.54) is 16.8 Å². The molecule has 1 fully saturated rings. The van der Waals surface area contributed by atoms with E-state index in [9.17, 15) is 8.42 Å². The van der Waals surface area contributed by atoms with Crippen molar-refractivity contribution in [2.24, 2.45) is 14.1 Å². The third-order valence-electron chi connectivity index (χ3n) is 6.26. The maximum atomic E-state index is 15.2. The minimum Gasteiger partial charge on any atom is -0.372 e. The fourth-order valence-corrected chi connectivity index (χ4v) is 5.53. The number of nitrogens with zero attached hydrogens (tertiary/aromatic N) is 5. The summed E-state index contributed by atoms with van der Waals surface area (Å²) in [6.07, 6.45) is 5.33. The van der Waals surface area contributed by atoms with Crippen molar-refractivity contribution in [3.8, 4) is 11.1 Å². The second-order valence-corrected chi connectivity index (χ2v) is 10.00. The molecule has 1 aliphatic heterocycles. The molecular formula is C23H25FN6O2S. The van der Waals surface area contributed by atoms with Gasteiger partial charge in [0.2, 0.25) is 0 Å². The Balaban J connectivity index is 1.70. The molecular weight excluding hydrogens is 443 g/mol. The lowest BCUT2D eigenvalue weighted by atomic mass is 10.0. The summed E-state index contributed by atoms with van der Waals surface area (Å²) in [5, 5.41) is 4.47. The number of fused-ring (bicyclic) bond motifs is 1. The molecule has 4 heterocycles. The molecule has 5 rings (SSSR count). The molecule has 3 aromatic heterocycles. The van der Waals surface area contributed by atoms with Gasteiger partial charge in [0.05, 0.1) is 11.1 Å². The first-order valence-electron chi connectivity index (χ1n) is 10.8. The van der Waals surface area contributed by atoms with E-state index in [-0.39, 0.29) is 10.8 Å². The van der Waals surface area contributed by atoms with Gasteiger partial charge in [-0.15, -0.1) is 0 Å². The summed E-state index contributed by atoms with van der Waals surface area (Å²) in [5.74, 6) is -0.365. The minimum atomic E-state index is -3.94. The van der Waals surface area contributed by atoms with Gasteiger partial charge in [-0.3, -0.25) is 9.40 Å². The average molecular weight is 469 g/mol. The summed E-state index contributed by atoms with van der Waals surface area (Å²) in [7, 11) is -0.447. The molecule has 0 spiro atoms. The van der Waals surface area contributed by atoms with Crippen molar-refractivity contribution >= 4 is 32.4 Å². The van der Waals surface area contributed by atoms with Crippen molar-refractivity contribution < 1.29 is 12.8 Å². The van der Waals surface area contributed by atoms with Crippen LogP contribution in [0.4, 0.5) is 15.8 Å². The Hall–Kier alpha value is -3.40. The number of sulfonamides is 1. The summed E-state index contributed by atoms with van der Waals surface area (Å²) < 4.78 is 47.1. The Morgan fingerprint density at radius 3 is 2.55 bits per heavy atom. The van der Waals surface area contributed by atoms with Gasteiger partial charge in [-0.2, -0.15) is 13.5 Å². The van der Waals surface area contributed by atoms with Crippen molar-refractivity contribution in [1.29, 1.82) is 0 Å². The first-order valence-corrected chi connectivity index (χ1v) is 12.3. The van der Waals surface area contributed by atoms with E-state index in [1.807, 2.05) is 24.6 Å². The molecule has 1 N–H and O–H groups in total. The third kappa shape index (κ3) is 3.64. The number of benzene rings is 1. The van der Waals surface area contributed by atoms with Gasteiger partial charge in [0.15, 0.2) is 5.03 Å². The van der Waals surface area contributed by atoms with Crippen LogP contribution in [0.15, 0.2) is 47.8 Å². The van der Waals surface area contributed by atoms with Crippen molar-refractivity contribution in [1.82, 2.24) is 19.3 Å². The third-order valence-corrected chi connectivity index (χ3v) is 7.52. The van der Waals surface area contributed by atoms with Gasteiger partial charge in [-0.1, -0.05) is 0 Å². The Labute approximate surface area is 191 Å². The van der Waals surface area contributed by atoms with E-state index in [0.717, 1.165) is 37.3 Å². The maximum absolute atomic E-state index is 15.2. The highest BCUT2D eigenvalue weighted by molar-refractivity contribution is 7.92. The molecule has 0 radical (unpaired) electrons. The number of halogens is 1. The van der Waals surface area contributed by atoms with E-state index >= 15 is 4.39 Å². The summed E-state index contributed by atoms with van der Waals surface area (Å²) in [5.41, 5.74) is 3.69. The molecule has 0 saturated carbocycles. The van der Waals surface area contributed by atoms with Crippen LogP contribution in [0.25, 0.3) is 22.2 Å². The van der Waals surface area contributed by atoms with Crippen molar-refractivity contribution in [3.05, 3.63) is 54.2 Å². The van der Waals surface area contributed by atoms with Crippen LogP contribution in [-0.2, 0) is 24.1 Å². The van der Waals surface area contributed by atoms with Crippen LogP contribution in [0.2, 0.25) is 0 Å². The Bertz CT molecular complexity index is 1470. The molecule has 172 valence electrons. The molecule has 0 bridgehead atoms. The fourth-order valence-electron chi connectivity index (χ4n) is 4.48. The molecule has 33 heavy (non-hydrogen) atoms. The molecule has 1 aliphatic rings. The number of pyridine rings is 1. The first kappa shape index (κ1) is 21.4. The monoisotopic (exact) mass is 468 g/mol. The van der Waals surface area contributed by atoms with Gasteiger partial charge in [-0.25, -0.2) is 9.37 Å². The fraction of sp³-hybridized carbons (Fsp3) is 0.304. The SMILES string of the molecule is Cc1c(-c2cc(N3CCCC3)ccc2F)c2c(NS(=O)(=O)c3ccn(C)n3)ccnc2n1C. The van der Waals surface area contributed by atoms with Gasteiger partial charge in [0, 0.05) is 62.1 Å². The van der Waals surface area contributed by atoms with Crippen LogP contribution in [0.5, 0.6) is 0 Å². The molecule has 0 atom stereocenters. The second-order valence-electron chi connectivity index (χ2n) is 8.37. The van der Waals surface area contributed by atoms with Gasteiger partial charge < -0.3 is 9.47 Å². The van der Waals surface area contributed by atoms with Crippen molar-refractivity contribution in [2.75, 3.05) is 22.7 Å². The summed E-state index contributed by atoms with van der Waals surface area (Å²) in [6, 6.07) is 8.15. The summed E-state index contributed by atoms with van der Waals surface area (Å²) in [6.45, 7) is 3.77. The van der Waals surface area contributed by atoms with Gasteiger partial charge >= 0.3 is 0 Å². The first-order chi connectivity index (χ1) is 15.8. The molecule has 0 aliphatic carbocycles. The predicted octanol–water partition coefficient (Wildman–Crippen LogP) is 3.82. The molecule has 8 nitrogen and oxygen atoms in total. The number of aryl methyl sites for hydroxylation is 2. The Morgan fingerprint density at radius 1 is 1.09 bits per heavy atom. The van der Waals surface area contributed by atoms with Crippen LogP contribution in [0, 0.1) is 12.7 Å². The predicted molar refractivity (Wildman–Crippen MR) is 126 cm³/mol. The van der Waals surface area contributed by atoms with Crippen molar-refractivity contribution in [3.63, 3.8) is 0 Å². The van der Waals surface area contributed by atoms with E-state index in [4.69, 9.17) is 0 Å². The largest absolute Gasteiger partial charge is 0.372 e. The van der Waals surface area contributed by atoms with Crippen LogP contribution >= 0.6 is 0 Å². The topological polar surface area (TPSA) is 85.1 Å². The second kappa shape index (κ2) is 7.87. The van der Waals surface area contributed by atoms with Crippen molar-refractivity contribution in [2.45, 2.75) is 24.8 Å². The maximum Gasteiger partial charge on any atom is 0.281 e. The highest BCUT2D eigenvalue weighted by atomic mass is 32.2. The summed E-state index contributed by atoms with van der Waals surface area (Å²) in [4.78, 5) is 6.70. The highest BCUT2D eigenvalue weighted by Gasteiger charge is 2.25. The number of hydrogen-bond donors (Lipinski definition) is 1. The van der Waals surface area contributed by atoms with Crippen LogP contribution in [0.1, 0.15) is 18.5 Å². The average Bonchev–Trinajstić information content (AvgIpc) is 3.51. The molecule has 0 unspecified atom stereocenters. The summed E-state index contributed by atoms with van der Waals surface area (Å²) >= 11 is 0. The van der Waals surface area contributed by atoms with Gasteiger partial charge in [0.1, 0.15) is 11.5 Å². The Morgan fingerprint density at radius 2 is 1.85 bits per heavy atom. The number of hydrogen-bond acceptors (Lipinski definition) is 5. The lowest BCUT2D eigenvalue weighted by Crippen LogP contribution is -2.17. The smallest absolute Gasteiger partial charge is 0.281 e. The lowest BCUT2D eigenvalue weighted by molar-refractivity contribution is 0.593. The molecule has 10 heteroatoms. The molecule has 1 saturated heterocycles.